The van der Waals surface area contributed by atoms with Crippen LogP contribution < -0.4 is 0 Å². The molecule has 4 rings (SSSR count). The highest BCUT2D eigenvalue weighted by molar-refractivity contribution is 7.86. The molecule has 34 heavy (non-hydrogen) atoms. The van der Waals surface area contributed by atoms with E-state index < -0.39 is 26.4 Å². The molecule has 1 amide bonds. The van der Waals surface area contributed by atoms with E-state index in [0.29, 0.717) is 11.3 Å². The monoisotopic (exact) mass is 486 g/mol. The fourth-order valence-corrected chi connectivity index (χ4v) is 5.92. The molecule has 1 saturated heterocycles. The summed E-state index contributed by atoms with van der Waals surface area (Å²) in [6, 6.07) is 11.8. The lowest BCUT2D eigenvalue weighted by Crippen LogP contribution is -2.62. The van der Waals surface area contributed by atoms with Gasteiger partial charge in [-0.2, -0.15) is 8.42 Å². The van der Waals surface area contributed by atoms with Crippen molar-refractivity contribution in [3.8, 4) is 0 Å². The summed E-state index contributed by atoms with van der Waals surface area (Å²) in [7, 11) is -4.18. The maximum absolute atomic E-state index is 13.2. The lowest BCUT2D eigenvalue weighted by molar-refractivity contribution is -0.384. The number of benzene rings is 2. The highest BCUT2D eigenvalue weighted by atomic mass is 32.2. The maximum Gasteiger partial charge on any atom is 0.338 e. The molecule has 0 radical (unpaired) electrons. The highest BCUT2D eigenvalue weighted by Crippen LogP contribution is 2.55. The molecular formula is C24H26N2O7S. The lowest BCUT2D eigenvalue weighted by atomic mass is 9.71. The van der Waals surface area contributed by atoms with Gasteiger partial charge in [-0.1, -0.05) is 43.7 Å². The molecule has 0 saturated carbocycles. The van der Waals surface area contributed by atoms with Gasteiger partial charge in [-0.3, -0.25) is 14.9 Å². The number of nitro groups is 1. The Hall–Kier alpha value is -3.24. The van der Waals surface area contributed by atoms with E-state index in [2.05, 4.69) is 0 Å². The largest absolute Gasteiger partial charge is 0.396 e. The molecule has 2 aliphatic heterocycles. The molecule has 2 heterocycles. The molecule has 2 unspecified atom stereocenters. The van der Waals surface area contributed by atoms with Crippen LogP contribution in [0.5, 0.6) is 0 Å². The van der Waals surface area contributed by atoms with Crippen LogP contribution in [0.4, 0.5) is 5.69 Å². The molecule has 0 bridgehead atoms. The number of nitrogens with zero attached hydrogens (tertiary/aromatic N) is 2. The van der Waals surface area contributed by atoms with Crippen LogP contribution in [0.15, 0.2) is 64.9 Å². The molecule has 1 N–H and O–H groups in total. The number of allylic oxidation sites excluding steroid dienone is 1. The van der Waals surface area contributed by atoms with Gasteiger partial charge in [0.2, 0.25) is 5.91 Å². The van der Waals surface area contributed by atoms with Crippen molar-refractivity contribution in [1.82, 2.24) is 4.90 Å². The minimum Gasteiger partial charge on any atom is -0.396 e. The van der Waals surface area contributed by atoms with Crippen molar-refractivity contribution in [2.45, 2.75) is 44.6 Å². The summed E-state index contributed by atoms with van der Waals surface area (Å²) < 4.78 is 32.0. The van der Waals surface area contributed by atoms with E-state index in [0.717, 1.165) is 5.56 Å². The third kappa shape index (κ3) is 3.97. The third-order valence-electron chi connectivity index (χ3n) is 6.55. The second-order valence-corrected chi connectivity index (χ2v) is 10.8. The number of fused-ring (bicyclic) bond motifs is 1. The van der Waals surface area contributed by atoms with Crippen LogP contribution in [0, 0.1) is 28.4 Å². The number of hydrogen-bond acceptors (Lipinski definition) is 7. The van der Waals surface area contributed by atoms with Crippen molar-refractivity contribution in [1.29, 1.82) is 0 Å². The lowest BCUT2D eigenvalue weighted by Gasteiger charge is -2.48. The number of hydrogen-bond donors (Lipinski definition) is 1. The number of carbonyl (C=O) groups is 1. The van der Waals surface area contributed by atoms with Crippen molar-refractivity contribution >= 4 is 21.7 Å². The Kier molecular flexibility index (Phi) is 5.99. The summed E-state index contributed by atoms with van der Waals surface area (Å²) in [5.41, 5.74) is 1.09. The molecule has 10 heteroatoms. The highest BCUT2D eigenvalue weighted by Gasteiger charge is 2.63. The van der Waals surface area contributed by atoms with E-state index in [9.17, 15) is 28.4 Å². The molecule has 0 aromatic heterocycles. The fourth-order valence-electron chi connectivity index (χ4n) is 4.82. The zero-order valence-electron chi connectivity index (χ0n) is 19.1. The summed E-state index contributed by atoms with van der Waals surface area (Å²) in [6.07, 6.45) is 0.431. The van der Waals surface area contributed by atoms with Crippen molar-refractivity contribution in [3.05, 3.63) is 81.2 Å². The number of aliphatic hydroxyl groups is 1. The Morgan fingerprint density at radius 3 is 2.29 bits per heavy atom. The predicted octanol–water partition coefficient (Wildman–Crippen LogP) is 3.31. The van der Waals surface area contributed by atoms with Gasteiger partial charge in [-0.05, 0) is 31.0 Å². The number of carbonyl (C=O) groups excluding carboxylic acids is 1. The van der Waals surface area contributed by atoms with Gasteiger partial charge in [0, 0.05) is 30.6 Å². The van der Waals surface area contributed by atoms with E-state index in [-0.39, 0.29) is 47.7 Å². The van der Waals surface area contributed by atoms with Gasteiger partial charge in [0.1, 0.15) is 10.7 Å². The van der Waals surface area contributed by atoms with Gasteiger partial charge in [-0.15, -0.1) is 0 Å². The molecule has 1 fully saturated rings. The fraction of sp³-hybridized carbons (Fsp3) is 0.375. The normalized spacial score (nSPS) is 21.3. The van der Waals surface area contributed by atoms with Crippen molar-refractivity contribution in [3.63, 3.8) is 0 Å². The summed E-state index contributed by atoms with van der Waals surface area (Å²) in [4.78, 5) is 25.0. The summed E-state index contributed by atoms with van der Waals surface area (Å²) in [5, 5.41) is 20.4. The van der Waals surface area contributed by atoms with Gasteiger partial charge in [0.15, 0.2) is 0 Å². The second kappa shape index (κ2) is 8.52. The zero-order chi connectivity index (χ0) is 24.8. The number of aryl methyl sites for hydroxylation is 1. The number of β-lactam (4-membered cyclic amide) rings is 1. The van der Waals surface area contributed by atoms with Crippen LogP contribution in [-0.4, -0.2) is 41.9 Å². The van der Waals surface area contributed by atoms with Crippen LogP contribution in [0.25, 0.3) is 0 Å². The summed E-state index contributed by atoms with van der Waals surface area (Å²) >= 11 is 0. The van der Waals surface area contributed by atoms with Crippen molar-refractivity contribution in [2.75, 3.05) is 6.61 Å². The number of aliphatic hydroxyl groups excluding tert-OH is 1. The first-order valence-electron chi connectivity index (χ1n) is 10.9. The van der Waals surface area contributed by atoms with E-state index >= 15 is 0 Å². The maximum atomic E-state index is 13.2. The predicted molar refractivity (Wildman–Crippen MR) is 123 cm³/mol. The molecule has 2 aromatic carbocycles. The Labute approximate surface area is 197 Å². The smallest absolute Gasteiger partial charge is 0.338 e. The standard InChI is InChI=1S/C24H26N2O7S/c1-15-4-10-18(11-5-15)34(31,32)33-22-20(14-16-6-8-17(9-7-16)26(29)30)25-21(24(22,2)3)19(12-13-27)23(25)28/h4-11,19,21,27H,12-14H2,1-3H3. The SMILES string of the molecule is Cc1ccc(S(=O)(=O)OC2=C(Cc3ccc([N+](=O)[O-])cc3)N3C(=O)C(CCO)C3C2(C)C)cc1. The average molecular weight is 487 g/mol. The Bertz CT molecular complexity index is 1270. The molecule has 180 valence electrons. The van der Waals surface area contributed by atoms with E-state index in [1.165, 1.54) is 24.3 Å². The molecule has 2 atom stereocenters. The Balaban J connectivity index is 1.76. The molecule has 2 aromatic rings. The third-order valence-corrected chi connectivity index (χ3v) is 7.79. The van der Waals surface area contributed by atoms with Crippen LogP contribution in [0.1, 0.15) is 31.4 Å². The quantitative estimate of drug-likeness (QED) is 0.262. The Morgan fingerprint density at radius 2 is 1.74 bits per heavy atom. The number of rotatable bonds is 8. The number of amides is 1. The second-order valence-electron chi connectivity index (χ2n) is 9.22. The van der Waals surface area contributed by atoms with Gasteiger partial charge in [-0.25, -0.2) is 0 Å². The topological polar surface area (TPSA) is 127 Å². The van der Waals surface area contributed by atoms with Crippen LogP contribution in [0.2, 0.25) is 0 Å². The van der Waals surface area contributed by atoms with Crippen LogP contribution in [0.3, 0.4) is 0 Å². The van der Waals surface area contributed by atoms with Gasteiger partial charge < -0.3 is 14.2 Å². The van der Waals surface area contributed by atoms with E-state index in [1.807, 2.05) is 20.8 Å². The van der Waals surface area contributed by atoms with E-state index in [1.54, 1.807) is 29.2 Å². The van der Waals surface area contributed by atoms with Gasteiger partial charge in [0.25, 0.3) is 5.69 Å². The Morgan fingerprint density at radius 1 is 1.12 bits per heavy atom. The first-order valence-corrected chi connectivity index (χ1v) is 12.3. The van der Waals surface area contributed by atoms with Crippen molar-refractivity contribution < 1.29 is 27.4 Å². The van der Waals surface area contributed by atoms with Crippen molar-refractivity contribution in [2.24, 2.45) is 11.3 Å². The minimum absolute atomic E-state index is 0.00330. The van der Waals surface area contributed by atoms with Crippen LogP contribution >= 0.6 is 0 Å². The molecule has 9 nitrogen and oxygen atoms in total. The zero-order valence-corrected chi connectivity index (χ0v) is 19.9. The van der Waals surface area contributed by atoms with Gasteiger partial charge >= 0.3 is 10.1 Å². The van der Waals surface area contributed by atoms with Crippen LogP contribution in [-0.2, 0) is 25.5 Å². The number of non-ortho nitro benzene ring substituents is 1. The average Bonchev–Trinajstić information content (AvgIpc) is 2.96. The van der Waals surface area contributed by atoms with E-state index in [4.69, 9.17) is 4.18 Å². The molecular weight excluding hydrogens is 460 g/mol. The number of nitro benzene ring substituents is 1. The van der Waals surface area contributed by atoms with Gasteiger partial charge in [0.05, 0.1) is 22.6 Å². The first-order chi connectivity index (χ1) is 16.0. The molecule has 0 aliphatic carbocycles. The summed E-state index contributed by atoms with van der Waals surface area (Å²) in [5.74, 6) is -0.476. The summed E-state index contributed by atoms with van der Waals surface area (Å²) in [6.45, 7) is 5.33. The minimum atomic E-state index is -4.18. The first kappa shape index (κ1) is 23.9. The molecule has 0 spiro atoms. The molecule has 2 aliphatic rings.